The van der Waals surface area contributed by atoms with Crippen LogP contribution in [-0.4, -0.2) is 62.9 Å². The van der Waals surface area contributed by atoms with E-state index in [-0.39, 0.29) is 56.1 Å². The Labute approximate surface area is 226 Å². The molecule has 5 rings (SSSR count). The van der Waals surface area contributed by atoms with Gasteiger partial charge in [0.05, 0.1) is 12.3 Å². The molecule has 2 aliphatic rings. The summed E-state index contributed by atoms with van der Waals surface area (Å²) in [5, 5.41) is 2.68. The maximum atomic E-state index is 13.2. The lowest BCUT2D eigenvalue weighted by molar-refractivity contribution is -0.114. The van der Waals surface area contributed by atoms with Crippen molar-refractivity contribution < 1.29 is 33.3 Å². The van der Waals surface area contributed by atoms with Crippen LogP contribution in [0.2, 0.25) is 0 Å². The molecule has 0 bridgehead atoms. The first-order valence-electron chi connectivity index (χ1n) is 12.8. The molecule has 0 atom stereocenters. The number of Topliss-reactive ketones (excluding diaryl/α,β-unsaturated/α-hetero) is 1. The molecule has 0 spiro atoms. The molecule has 2 amide bonds. The Balaban J connectivity index is 1.27. The van der Waals surface area contributed by atoms with Gasteiger partial charge in [0.15, 0.2) is 17.3 Å². The Kier molecular flexibility index (Phi) is 7.79. The van der Waals surface area contributed by atoms with Gasteiger partial charge in [-0.3, -0.25) is 9.59 Å². The van der Waals surface area contributed by atoms with Crippen LogP contribution in [0.5, 0.6) is 11.5 Å². The number of fused-ring (bicyclic) bond motifs is 4. The molecule has 0 radical (unpaired) electrons. The van der Waals surface area contributed by atoms with E-state index in [2.05, 4.69) is 29.6 Å². The van der Waals surface area contributed by atoms with Crippen molar-refractivity contribution in [3.63, 3.8) is 0 Å². The molecule has 9 heteroatoms. The van der Waals surface area contributed by atoms with Crippen LogP contribution in [0.15, 0.2) is 60.7 Å². The highest BCUT2D eigenvalue weighted by molar-refractivity contribution is 6.05. The topological polar surface area (TPSA) is 103 Å². The number of carbonyl (C=O) groups excluding carboxylic acids is 3. The highest BCUT2D eigenvalue weighted by Crippen LogP contribution is 2.44. The van der Waals surface area contributed by atoms with Gasteiger partial charge in [0.1, 0.15) is 6.61 Å². The number of nitrogens with one attached hydrogen (secondary N) is 1. The fourth-order valence-corrected chi connectivity index (χ4v) is 5.02. The Hall–Kier alpha value is -4.37. The Bertz CT molecular complexity index is 1360. The first kappa shape index (κ1) is 26.2. The molecule has 202 valence electrons. The number of ether oxygens (including phenoxy) is 4. The first-order valence-corrected chi connectivity index (χ1v) is 12.8. The summed E-state index contributed by atoms with van der Waals surface area (Å²) in [5.74, 6) is 0.242. The van der Waals surface area contributed by atoms with Crippen molar-refractivity contribution in [2.24, 2.45) is 0 Å². The number of methoxy groups -OCH3 is 1. The van der Waals surface area contributed by atoms with Crippen molar-refractivity contribution in [2.45, 2.75) is 19.3 Å². The molecule has 1 aliphatic carbocycles. The second-order valence-electron chi connectivity index (χ2n) is 9.39. The van der Waals surface area contributed by atoms with E-state index >= 15 is 0 Å². The Morgan fingerprint density at radius 1 is 0.949 bits per heavy atom. The fourth-order valence-electron chi connectivity index (χ4n) is 5.02. The minimum Gasteiger partial charge on any atom is -0.454 e. The zero-order valence-corrected chi connectivity index (χ0v) is 21.9. The van der Waals surface area contributed by atoms with E-state index in [9.17, 15) is 14.4 Å². The Morgan fingerprint density at radius 3 is 2.23 bits per heavy atom. The van der Waals surface area contributed by atoms with Crippen LogP contribution in [0.3, 0.4) is 0 Å². The molecule has 0 saturated carbocycles. The molecular weight excluding hydrogens is 500 g/mol. The van der Waals surface area contributed by atoms with Crippen LogP contribution in [0.1, 0.15) is 40.7 Å². The third kappa shape index (κ3) is 5.58. The van der Waals surface area contributed by atoms with Crippen LogP contribution in [0.25, 0.3) is 11.1 Å². The second-order valence-corrected chi connectivity index (χ2v) is 9.39. The number of hydrogen-bond acceptors (Lipinski definition) is 7. The van der Waals surface area contributed by atoms with Gasteiger partial charge in [-0.05, 0) is 28.3 Å². The van der Waals surface area contributed by atoms with Crippen LogP contribution in [-0.2, 0) is 14.3 Å². The van der Waals surface area contributed by atoms with Crippen molar-refractivity contribution in [1.29, 1.82) is 0 Å². The number of ketones is 1. The van der Waals surface area contributed by atoms with E-state index in [0.29, 0.717) is 23.8 Å². The van der Waals surface area contributed by atoms with Crippen LogP contribution in [0, 0.1) is 0 Å². The van der Waals surface area contributed by atoms with E-state index in [0.717, 1.165) is 22.3 Å². The molecule has 0 unspecified atom stereocenters. The lowest BCUT2D eigenvalue weighted by Crippen LogP contribution is -2.36. The molecule has 3 aromatic rings. The minimum absolute atomic E-state index is 0.0140. The van der Waals surface area contributed by atoms with Crippen LogP contribution < -0.4 is 14.8 Å². The van der Waals surface area contributed by atoms with E-state index in [4.69, 9.17) is 18.9 Å². The van der Waals surface area contributed by atoms with Gasteiger partial charge in [0.25, 0.3) is 0 Å². The number of hydrogen-bond donors (Lipinski definition) is 1. The summed E-state index contributed by atoms with van der Waals surface area (Å²) >= 11 is 0. The summed E-state index contributed by atoms with van der Waals surface area (Å²) in [5.41, 5.74) is 5.16. The minimum atomic E-state index is -0.519. The van der Waals surface area contributed by atoms with Crippen molar-refractivity contribution in [3.8, 4) is 22.6 Å². The summed E-state index contributed by atoms with van der Waals surface area (Å²) in [6.45, 7) is 2.26. The third-order valence-electron chi connectivity index (χ3n) is 6.89. The van der Waals surface area contributed by atoms with Crippen molar-refractivity contribution >= 4 is 23.5 Å². The average molecular weight is 531 g/mol. The number of nitrogens with zero attached hydrogens (tertiary/aromatic N) is 1. The van der Waals surface area contributed by atoms with Crippen molar-refractivity contribution in [2.75, 3.05) is 45.5 Å². The van der Waals surface area contributed by atoms with E-state index < -0.39 is 6.09 Å². The predicted molar refractivity (Wildman–Crippen MR) is 144 cm³/mol. The number of amides is 2. The predicted octanol–water partition coefficient (Wildman–Crippen LogP) is 4.84. The average Bonchev–Trinajstić information content (AvgIpc) is 3.52. The molecule has 0 fully saturated rings. The highest BCUT2D eigenvalue weighted by Gasteiger charge is 2.30. The zero-order chi connectivity index (χ0) is 27.4. The van der Waals surface area contributed by atoms with Crippen LogP contribution >= 0.6 is 0 Å². The molecular formula is C30H30N2O7. The SMILES string of the molecule is COCCN(CCC(=O)c1cc2c(cc1NC(C)=O)OCO2)C(=O)OCC1c2ccccc2-c2ccccc21. The van der Waals surface area contributed by atoms with Crippen molar-refractivity contribution in [1.82, 2.24) is 4.90 Å². The normalized spacial score (nSPS) is 13.0. The zero-order valence-electron chi connectivity index (χ0n) is 21.9. The smallest absolute Gasteiger partial charge is 0.409 e. The summed E-state index contributed by atoms with van der Waals surface area (Å²) in [6, 6.07) is 19.4. The largest absolute Gasteiger partial charge is 0.454 e. The maximum absolute atomic E-state index is 13.2. The van der Waals surface area contributed by atoms with Gasteiger partial charge in [-0.2, -0.15) is 0 Å². The summed E-state index contributed by atoms with van der Waals surface area (Å²) < 4.78 is 21.8. The van der Waals surface area contributed by atoms with E-state index in [1.807, 2.05) is 24.3 Å². The van der Waals surface area contributed by atoms with Gasteiger partial charge in [-0.15, -0.1) is 0 Å². The molecule has 0 saturated heterocycles. The van der Waals surface area contributed by atoms with Gasteiger partial charge < -0.3 is 29.2 Å². The summed E-state index contributed by atoms with van der Waals surface area (Å²) in [4.78, 5) is 39.6. The summed E-state index contributed by atoms with van der Waals surface area (Å²) in [6.07, 6.45) is -0.505. The highest BCUT2D eigenvalue weighted by atomic mass is 16.7. The summed E-state index contributed by atoms with van der Waals surface area (Å²) in [7, 11) is 1.55. The molecule has 1 heterocycles. The maximum Gasteiger partial charge on any atom is 0.409 e. The second kappa shape index (κ2) is 11.6. The lowest BCUT2D eigenvalue weighted by Gasteiger charge is -2.23. The molecule has 1 N–H and O–H groups in total. The van der Waals surface area contributed by atoms with Gasteiger partial charge >= 0.3 is 6.09 Å². The van der Waals surface area contributed by atoms with Gasteiger partial charge in [-0.1, -0.05) is 48.5 Å². The van der Waals surface area contributed by atoms with Crippen LogP contribution in [0.4, 0.5) is 10.5 Å². The Morgan fingerprint density at radius 2 is 1.59 bits per heavy atom. The molecule has 3 aromatic carbocycles. The molecule has 0 aromatic heterocycles. The quantitative estimate of drug-likeness (QED) is 0.374. The monoisotopic (exact) mass is 530 g/mol. The van der Waals surface area contributed by atoms with E-state index in [1.54, 1.807) is 19.2 Å². The number of benzene rings is 3. The lowest BCUT2D eigenvalue weighted by atomic mass is 9.98. The molecule has 9 nitrogen and oxygen atoms in total. The number of carbonyl (C=O) groups is 3. The third-order valence-corrected chi connectivity index (χ3v) is 6.89. The fraction of sp³-hybridized carbons (Fsp3) is 0.300. The van der Waals surface area contributed by atoms with Gasteiger partial charge in [0, 0.05) is 51.1 Å². The first-order chi connectivity index (χ1) is 19.0. The number of rotatable bonds is 10. The molecule has 1 aliphatic heterocycles. The molecule has 39 heavy (non-hydrogen) atoms. The van der Waals surface area contributed by atoms with Gasteiger partial charge in [0.2, 0.25) is 12.7 Å². The number of anilines is 1. The van der Waals surface area contributed by atoms with E-state index in [1.165, 1.54) is 11.8 Å². The standard InChI is InChI=1S/C30H30N2O7/c1-19(33)31-26-16-29-28(38-18-39-29)15-24(26)27(34)11-12-32(13-14-36-2)30(35)37-17-25-22-9-5-3-7-20(22)21-8-4-6-10-23(21)25/h3-10,15-16,25H,11-14,17-18H2,1-2H3,(H,31,33). The van der Waals surface area contributed by atoms with Gasteiger partial charge in [-0.25, -0.2) is 4.79 Å². The van der Waals surface area contributed by atoms with Crippen molar-refractivity contribution in [3.05, 3.63) is 77.4 Å².